The number of anilines is 5. The molecule has 76 heavy (non-hydrogen) atoms. The molecule has 4 amide bonds. The minimum atomic E-state index is -0.852. The number of amides is 4. The summed E-state index contributed by atoms with van der Waals surface area (Å²) in [4.78, 5) is 81.5. The number of carbonyl (C=O) groups is 4. The normalized spacial score (nSPS) is 18.4. The first-order chi connectivity index (χ1) is 36.7. The van der Waals surface area contributed by atoms with E-state index in [2.05, 4.69) is 76.4 Å². The molecule has 0 radical (unpaired) electrons. The van der Waals surface area contributed by atoms with Gasteiger partial charge < -0.3 is 41.1 Å². The van der Waals surface area contributed by atoms with E-state index in [1.165, 1.54) is 11.0 Å². The Morgan fingerprint density at radius 1 is 0.855 bits per heavy atom. The van der Waals surface area contributed by atoms with Gasteiger partial charge in [-0.2, -0.15) is 4.98 Å². The van der Waals surface area contributed by atoms with Crippen molar-refractivity contribution in [1.29, 1.82) is 0 Å². The van der Waals surface area contributed by atoms with Gasteiger partial charge in [0.2, 0.25) is 35.5 Å². The van der Waals surface area contributed by atoms with Gasteiger partial charge in [-0.25, -0.2) is 15.0 Å². The van der Waals surface area contributed by atoms with Crippen molar-refractivity contribution in [3.8, 4) is 10.4 Å². The number of fused-ring (bicyclic) bond motifs is 1. The van der Waals surface area contributed by atoms with Crippen LogP contribution in [0.4, 0.5) is 29.0 Å². The highest BCUT2D eigenvalue weighted by molar-refractivity contribution is 7.13. The van der Waals surface area contributed by atoms with Crippen molar-refractivity contribution >= 4 is 75.1 Å². The molecule has 6 aromatic rings. The van der Waals surface area contributed by atoms with E-state index in [1.807, 2.05) is 87.8 Å². The molecule has 9 rings (SSSR count). The minimum absolute atomic E-state index is 0.0277. The van der Waals surface area contributed by atoms with E-state index in [-0.39, 0.29) is 49.2 Å². The maximum Gasteiger partial charge on any atom is 0.246 e. The van der Waals surface area contributed by atoms with Gasteiger partial charge in [0.05, 0.1) is 34.4 Å². The second kappa shape index (κ2) is 24.2. The van der Waals surface area contributed by atoms with Gasteiger partial charge in [0, 0.05) is 82.3 Å². The van der Waals surface area contributed by atoms with Crippen LogP contribution in [0.3, 0.4) is 0 Å². The van der Waals surface area contributed by atoms with Crippen molar-refractivity contribution in [2.75, 3.05) is 67.9 Å². The number of thiazole rings is 1. The van der Waals surface area contributed by atoms with Crippen molar-refractivity contribution in [1.82, 2.24) is 49.8 Å². The molecule has 5 N–H and O–H groups in total. The summed E-state index contributed by atoms with van der Waals surface area (Å²) in [5.74, 6) is 0.143. The van der Waals surface area contributed by atoms with E-state index in [1.54, 1.807) is 22.4 Å². The van der Waals surface area contributed by atoms with Crippen LogP contribution in [-0.4, -0.2) is 138 Å². The van der Waals surface area contributed by atoms with Crippen LogP contribution in [-0.2, 0) is 25.7 Å². The molecule has 3 fully saturated rings. The highest BCUT2D eigenvalue weighted by Crippen LogP contribution is 2.33. The average molecular weight is 1050 g/mol. The number of rotatable bonds is 20. The first-order valence-corrected chi connectivity index (χ1v) is 27.5. The molecular formula is C57H71N13O5S. The maximum absolute atomic E-state index is 14.1. The van der Waals surface area contributed by atoms with Crippen molar-refractivity contribution in [3.63, 3.8) is 0 Å². The molecule has 3 aliphatic heterocycles. The number of likely N-dealkylation sites (tertiary alicyclic amines) is 2. The lowest BCUT2D eigenvalue weighted by atomic mass is 9.85. The number of nitrogens with zero attached hydrogens (tertiary/aromatic N) is 9. The first-order valence-electron chi connectivity index (χ1n) is 26.6. The van der Waals surface area contributed by atoms with Crippen molar-refractivity contribution in [2.24, 2.45) is 5.41 Å². The fourth-order valence-corrected chi connectivity index (χ4v) is 11.2. The lowest BCUT2D eigenvalue weighted by Crippen LogP contribution is -2.57. The third-order valence-electron chi connectivity index (χ3n) is 14.7. The average Bonchev–Trinajstić information content (AvgIpc) is 4.26. The van der Waals surface area contributed by atoms with Gasteiger partial charge in [-0.1, -0.05) is 82.7 Å². The Labute approximate surface area is 449 Å². The number of imidazole rings is 1. The van der Waals surface area contributed by atoms with Crippen LogP contribution in [0.5, 0.6) is 0 Å². The molecule has 18 nitrogen and oxygen atoms in total. The molecule has 0 aliphatic carbocycles. The smallest absolute Gasteiger partial charge is 0.246 e. The zero-order chi connectivity index (χ0) is 53.3. The summed E-state index contributed by atoms with van der Waals surface area (Å²) in [6.07, 6.45) is 7.13. The number of aliphatic hydroxyl groups excluding tert-OH is 1. The van der Waals surface area contributed by atoms with Crippen molar-refractivity contribution in [3.05, 3.63) is 114 Å². The number of carbonyl (C=O) groups excluding carboxylic acids is 4. The van der Waals surface area contributed by atoms with E-state index < -0.39 is 23.6 Å². The number of aryl methyl sites for hydroxylation is 1. The third kappa shape index (κ3) is 13.1. The van der Waals surface area contributed by atoms with Gasteiger partial charge in [0.15, 0.2) is 5.65 Å². The van der Waals surface area contributed by atoms with Gasteiger partial charge in [0.1, 0.15) is 17.6 Å². The molecule has 0 spiro atoms. The first kappa shape index (κ1) is 53.6. The molecule has 4 atom stereocenters. The Morgan fingerprint density at radius 2 is 1.59 bits per heavy atom. The predicted molar refractivity (Wildman–Crippen MR) is 299 cm³/mol. The van der Waals surface area contributed by atoms with Crippen LogP contribution in [0, 0.1) is 12.3 Å². The molecule has 0 saturated carbocycles. The Kier molecular flexibility index (Phi) is 17.1. The number of piperazine rings is 1. The second-order valence-electron chi connectivity index (χ2n) is 21.2. The number of benzene rings is 3. The molecule has 400 valence electrons. The fourth-order valence-electron chi connectivity index (χ4n) is 10.4. The number of β-amino-alcohol motifs (C(OH)–C–C–N with tert-alkyl or cyclic N) is 1. The van der Waals surface area contributed by atoms with E-state index in [0.717, 1.165) is 97.2 Å². The quantitative estimate of drug-likeness (QED) is 0.0370. The number of aliphatic hydroxyl groups is 1. The second-order valence-corrected chi connectivity index (χ2v) is 22.1. The van der Waals surface area contributed by atoms with E-state index in [0.29, 0.717) is 49.0 Å². The lowest BCUT2D eigenvalue weighted by Gasteiger charge is -2.36. The van der Waals surface area contributed by atoms with Crippen LogP contribution < -0.4 is 26.2 Å². The van der Waals surface area contributed by atoms with Gasteiger partial charge in [0.25, 0.3) is 0 Å². The lowest BCUT2D eigenvalue weighted by molar-refractivity contribution is -0.144. The molecule has 3 aliphatic rings. The summed E-state index contributed by atoms with van der Waals surface area (Å²) in [5, 5.41) is 23.5. The van der Waals surface area contributed by atoms with Crippen molar-refractivity contribution in [2.45, 2.75) is 103 Å². The summed E-state index contributed by atoms with van der Waals surface area (Å²) in [6.45, 7) is 17.6. The van der Waals surface area contributed by atoms with E-state index in [4.69, 9.17) is 9.97 Å². The van der Waals surface area contributed by atoms with Crippen molar-refractivity contribution < 1.29 is 24.3 Å². The Hall–Kier alpha value is -7.22. The SMILES string of the molecule is C=CC(=O)N1CCC(n2c(Nc3ccccc3)nc3cnc(Nc4ccc(N5CCN(CCCCCCC(=O)NC(C(=O)N6CC(O)CC6C(=O)NCc6ccc(-c7scnc7C)cc6)C(C)(C)C)CC5)cc4)nc32)C1. The summed E-state index contributed by atoms with van der Waals surface area (Å²) < 4.78 is 2.09. The fraction of sp³-hybridized carbons (Fsp3) is 0.439. The number of hydrogen-bond donors (Lipinski definition) is 5. The molecule has 3 saturated heterocycles. The standard InChI is InChI=1S/C57H71N13O5S/c1-6-49(73)68-27-25-44(35-68)70-52-46(63-56(70)62-41-14-10-9-11-15-41)34-59-55(65-52)61-42-21-23-43(24-22-42)67-30-28-66(29-31-67)26-13-8-7-12-16-48(72)64-51(57(3,4)5)54(75)69-36-45(71)32-47(69)53(74)58-33-39-17-19-40(20-18-39)50-38(2)60-37-76-50/h6,9-11,14-15,17-24,34,37,44-45,47,51,71H,1,7-8,12-13,16,25-33,35-36H2,2-5H3,(H,58,74)(H,62,63)(H,64,72)(H,59,61,65). The van der Waals surface area contributed by atoms with Crippen LogP contribution in [0.25, 0.3) is 21.6 Å². The van der Waals surface area contributed by atoms with E-state index >= 15 is 0 Å². The summed E-state index contributed by atoms with van der Waals surface area (Å²) in [6, 6.07) is 24.5. The van der Waals surface area contributed by atoms with Gasteiger partial charge in [-0.3, -0.25) is 28.6 Å². The molecule has 3 aromatic carbocycles. The molecule has 6 heterocycles. The molecule has 0 bridgehead atoms. The van der Waals surface area contributed by atoms with Crippen LogP contribution in [0.15, 0.2) is 103 Å². The van der Waals surface area contributed by atoms with E-state index in [9.17, 15) is 24.3 Å². The molecule has 19 heteroatoms. The third-order valence-corrected chi connectivity index (χ3v) is 15.7. The number of para-hydroxylation sites is 1. The Balaban J connectivity index is 0.694. The Morgan fingerprint density at radius 3 is 2.30 bits per heavy atom. The highest BCUT2D eigenvalue weighted by Gasteiger charge is 2.44. The largest absolute Gasteiger partial charge is 0.391 e. The zero-order valence-electron chi connectivity index (χ0n) is 44.1. The van der Waals surface area contributed by atoms with Gasteiger partial charge in [-0.15, -0.1) is 11.3 Å². The van der Waals surface area contributed by atoms with Gasteiger partial charge in [-0.05, 0) is 91.7 Å². The highest BCUT2D eigenvalue weighted by atomic mass is 32.1. The number of nitrogens with one attached hydrogen (secondary N) is 4. The van der Waals surface area contributed by atoms with Crippen LogP contribution in [0.2, 0.25) is 0 Å². The number of hydrogen-bond acceptors (Lipinski definition) is 14. The zero-order valence-corrected chi connectivity index (χ0v) is 44.9. The summed E-state index contributed by atoms with van der Waals surface area (Å²) >= 11 is 1.59. The summed E-state index contributed by atoms with van der Waals surface area (Å²) in [7, 11) is 0. The molecule has 4 unspecified atom stereocenters. The van der Waals surface area contributed by atoms with Crippen LogP contribution in [0.1, 0.15) is 83.0 Å². The monoisotopic (exact) mass is 1050 g/mol. The Bertz CT molecular complexity index is 2970. The van der Waals surface area contributed by atoms with Crippen LogP contribution >= 0.6 is 11.3 Å². The molecular weight excluding hydrogens is 979 g/mol. The number of aromatic nitrogens is 5. The topological polar surface area (TPSA) is 206 Å². The molecule has 3 aromatic heterocycles. The minimum Gasteiger partial charge on any atom is -0.391 e. The number of unbranched alkanes of at least 4 members (excludes halogenated alkanes) is 3. The maximum atomic E-state index is 14.1. The van der Waals surface area contributed by atoms with Gasteiger partial charge >= 0.3 is 0 Å². The summed E-state index contributed by atoms with van der Waals surface area (Å²) in [5.41, 5.74) is 8.43. The predicted octanol–water partition coefficient (Wildman–Crippen LogP) is 7.59.